The first-order valence-corrected chi connectivity index (χ1v) is 10.1. The molecule has 0 saturated carbocycles. The lowest BCUT2D eigenvalue weighted by molar-refractivity contribution is -0.385. The smallest absolute Gasteiger partial charge is 0.342 e. The number of hydrogen-bond donors (Lipinski definition) is 3. The molecule has 2 aromatic rings. The van der Waals surface area contributed by atoms with E-state index < -0.39 is 33.0 Å². The highest BCUT2D eigenvalue weighted by molar-refractivity contribution is 5.99. The largest absolute Gasteiger partial charge is 0.495 e. The van der Waals surface area contributed by atoms with Crippen LogP contribution in [0.25, 0.3) is 0 Å². The second-order valence-corrected chi connectivity index (χ2v) is 7.57. The van der Waals surface area contributed by atoms with E-state index in [1.54, 1.807) is 7.05 Å². The summed E-state index contributed by atoms with van der Waals surface area (Å²) in [5.41, 5.74) is 9.85. The van der Waals surface area contributed by atoms with Gasteiger partial charge in [-0.3, -0.25) is 25.0 Å². The lowest BCUT2D eigenvalue weighted by Gasteiger charge is -2.20. The number of carbonyl (C=O) groups excluding carboxylic acids is 1. The summed E-state index contributed by atoms with van der Waals surface area (Å²) in [7, 11) is 8.04. The van der Waals surface area contributed by atoms with Gasteiger partial charge in [0.2, 0.25) is 0 Å². The van der Waals surface area contributed by atoms with Gasteiger partial charge < -0.3 is 35.8 Å². The molecule has 0 bridgehead atoms. The van der Waals surface area contributed by atoms with Crippen molar-refractivity contribution in [2.24, 2.45) is 0 Å². The van der Waals surface area contributed by atoms with Crippen LogP contribution in [0.4, 0.5) is 22.7 Å². The summed E-state index contributed by atoms with van der Waals surface area (Å²) < 4.78 is 9.78. The molecule has 0 atom stereocenters. The summed E-state index contributed by atoms with van der Waals surface area (Å²) in [5, 5.41) is 30.3. The van der Waals surface area contributed by atoms with Gasteiger partial charge in [-0.15, -0.1) is 0 Å². The molecule has 196 valence electrons. The van der Waals surface area contributed by atoms with E-state index in [0.717, 1.165) is 18.2 Å². The fourth-order valence-electron chi connectivity index (χ4n) is 2.82. The highest BCUT2D eigenvalue weighted by Crippen LogP contribution is 2.32. The number of nitrogen functional groups attached to an aromatic ring is 2. The van der Waals surface area contributed by atoms with Crippen LogP contribution in [0.2, 0.25) is 0 Å². The Morgan fingerprint density at radius 1 is 0.861 bits per heavy atom. The first-order valence-electron chi connectivity index (χ1n) is 10.1. The lowest BCUT2D eigenvalue weighted by atomic mass is 10.1. The number of carboxylic acid groups (broad SMARTS) is 1. The van der Waals surface area contributed by atoms with Gasteiger partial charge in [-0.1, -0.05) is 0 Å². The Hall–Kier alpha value is -4.66. The molecule has 15 heteroatoms. The Morgan fingerprint density at radius 2 is 1.28 bits per heavy atom. The number of nitrogens with two attached hydrogens (primary N) is 2. The highest BCUT2D eigenvalue weighted by Gasteiger charge is 2.25. The quantitative estimate of drug-likeness (QED) is 0.250. The van der Waals surface area contributed by atoms with Crippen molar-refractivity contribution in [1.82, 2.24) is 9.80 Å². The first kappa shape index (κ1) is 29.4. The summed E-state index contributed by atoms with van der Waals surface area (Å²) in [6.45, 7) is 1.11. The fourth-order valence-corrected chi connectivity index (χ4v) is 2.82. The molecule has 36 heavy (non-hydrogen) atoms. The number of anilines is 2. The second-order valence-electron chi connectivity index (χ2n) is 7.57. The second kappa shape index (κ2) is 12.7. The number of nitro groups is 2. The number of hydrogen-bond acceptors (Lipinski definition) is 11. The average molecular weight is 508 g/mol. The Balaban J connectivity index is 0.000000381. The van der Waals surface area contributed by atoms with E-state index in [2.05, 4.69) is 0 Å². The number of aromatic carboxylic acids is 1. The van der Waals surface area contributed by atoms with Crippen LogP contribution in [-0.4, -0.2) is 85.1 Å². The molecular formula is C21H28N6O9. The van der Waals surface area contributed by atoms with Gasteiger partial charge >= 0.3 is 5.97 Å². The number of carbonyl (C=O) groups is 2. The maximum atomic E-state index is 12.4. The van der Waals surface area contributed by atoms with E-state index in [9.17, 15) is 29.8 Å². The molecule has 0 spiro atoms. The van der Waals surface area contributed by atoms with Crippen molar-refractivity contribution in [1.29, 1.82) is 0 Å². The molecule has 0 saturated heterocycles. The van der Waals surface area contributed by atoms with E-state index in [4.69, 9.17) is 26.0 Å². The number of rotatable bonds is 9. The zero-order valence-electron chi connectivity index (χ0n) is 20.4. The van der Waals surface area contributed by atoms with Gasteiger partial charge in [0.1, 0.15) is 22.6 Å². The molecule has 0 unspecified atom stereocenters. The summed E-state index contributed by atoms with van der Waals surface area (Å²) in [4.78, 5) is 46.6. The average Bonchev–Trinajstić information content (AvgIpc) is 2.81. The number of carboxylic acids is 1. The molecule has 2 rings (SSSR count). The van der Waals surface area contributed by atoms with E-state index in [1.165, 1.54) is 25.2 Å². The first-order chi connectivity index (χ1) is 16.7. The maximum Gasteiger partial charge on any atom is 0.342 e. The maximum absolute atomic E-state index is 12.4. The van der Waals surface area contributed by atoms with Gasteiger partial charge in [-0.05, 0) is 14.1 Å². The van der Waals surface area contributed by atoms with Crippen molar-refractivity contribution >= 4 is 34.6 Å². The predicted molar refractivity (Wildman–Crippen MR) is 131 cm³/mol. The third kappa shape index (κ3) is 7.42. The molecule has 15 nitrogen and oxygen atoms in total. The molecule has 1 amide bonds. The topological polar surface area (TPSA) is 218 Å². The lowest BCUT2D eigenvalue weighted by Crippen LogP contribution is -2.33. The van der Waals surface area contributed by atoms with Gasteiger partial charge in [-0.2, -0.15) is 0 Å². The third-order valence-corrected chi connectivity index (χ3v) is 4.78. The molecule has 0 aliphatic heterocycles. The normalized spacial score (nSPS) is 10.2. The van der Waals surface area contributed by atoms with Crippen molar-refractivity contribution in [2.45, 2.75) is 0 Å². The summed E-state index contributed by atoms with van der Waals surface area (Å²) >= 11 is 0. The zero-order chi connectivity index (χ0) is 27.7. The standard InChI is InChI=1S/C13H20N4O4.C8H8N2O5/c1-15(2)5-6-16(3)13(18)9-7-12(21-4)10(14)8-11(9)17(19)20;1-15-7-2-4(8(11)12)6(10(13)14)3-5(7)9/h7-8H,5-6,14H2,1-4H3;2-3H,9H2,1H3,(H,11,12). The minimum absolute atomic E-state index is 0.0224. The van der Waals surface area contributed by atoms with Crippen molar-refractivity contribution in [3.8, 4) is 11.5 Å². The van der Waals surface area contributed by atoms with E-state index in [1.807, 2.05) is 19.0 Å². The molecule has 0 heterocycles. The molecular weight excluding hydrogens is 480 g/mol. The van der Waals surface area contributed by atoms with Crippen LogP contribution < -0.4 is 20.9 Å². The van der Waals surface area contributed by atoms with Gasteiger partial charge in [0.05, 0.1) is 35.4 Å². The number of likely N-dealkylation sites (N-methyl/N-ethyl adjacent to an activating group) is 2. The SMILES string of the molecule is COc1cc(C(=O)N(C)CCN(C)C)c([N+](=O)[O-])cc1N.COc1cc(C(=O)O)c([N+](=O)[O-])cc1N. The van der Waals surface area contributed by atoms with E-state index in [-0.39, 0.29) is 34.1 Å². The van der Waals surface area contributed by atoms with Crippen LogP contribution in [-0.2, 0) is 0 Å². The minimum atomic E-state index is -1.40. The van der Waals surface area contributed by atoms with E-state index in [0.29, 0.717) is 13.1 Å². The summed E-state index contributed by atoms with van der Waals surface area (Å²) in [6, 6.07) is 4.44. The van der Waals surface area contributed by atoms with Crippen molar-refractivity contribution in [2.75, 3.05) is 59.9 Å². The van der Waals surface area contributed by atoms with Crippen LogP contribution in [0.15, 0.2) is 24.3 Å². The molecule has 0 aliphatic carbocycles. The Kier molecular flexibility index (Phi) is 10.4. The molecule has 0 aromatic heterocycles. The van der Waals surface area contributed by atoms with Gasteiger partial charge in [0, 0.05) is 44.4 Å². The van der Waals surface area contributed by atoms with Crippen LogP contribution >= 0.6 is 0 Å². The number of ether oxygens (including phenoxy) is 2. The number of benzene rings is 2. The Morgan fingerprint density at radius 3 is 1.64 bits per heavy atom. The van der Waals surface area contributed by atoms with Crippen molar-refractivity contribution in [3.05, 3.63) is 55.6 Å². The van der Waals surface area contributed by atoms with Crippen molar-refractivity contribution < 1.29 is 34.0 Å². The van der Waals surface area contributed by atoms with Gasteiger partial charge in [0.25, 0.3) is 17.3 Å². The highest BCUT2D eigenvalue weighted by atomic mass is 16.6. The zero-order valence-corrected chi connectivity index (χ0v) is 20.4. The van der Waals surface area contributed by atoms with Gasteiger partial charge in [-0.25, -0.2) is 4.79 Å². The number of amides is 1. The Labute approximate surface area is 206 Å². The number of nitro benzene ring substituents is 2. The minimum Gasteiger partial charge on any atom is -0.495 e. The third-order valence-electron chi connectivity index (χ3n) is 4.78. The van der Waals surface area contributed by atoms with E-state index >= 15 is 0 Å². The molecule has 2 aromatic carbocycles. The van der Waals surface area contributed by atoms with Crippen molar-refractivity contribution in [3.63, 3.8) is 0 Å². The van der Waals surface area contributed by atoms with Crippen LogP contribution in [0, 0.1) is 20.2 Å². The van der Waals surface area contributed by atoms with Crippen LogP contribution in [0.1, 0.15) is 20.7 Å². The fraction of sp³-hybridized carbons (Fsp3) is 0.333. The van der Waals surface area contributed by atoms with Gasteiger partial charge in [0.15, 0.2) is 0 Å². The summed E-state index contributed by atoms with van der Waals surface area (Å²) in [5.74, 6) is -1.51. The van der Waals surface area contributed by atoms with Crippen LogP contribution in [0.5, 0.6) is 11.5 Å². The molecule has 0 aliphatic rings. The number of methoxy groups -OCH3 is 2. The molecule has 0 fully saturated rings. The molecule has 5 N–H and O–H groups in total. The summed E-state index contributed by atoms with van der Waals surface area (Å²) in [6.07, 6.45) is 0. The predicted octanol–water partition coefficient (Wildman–Crippen LogP) is 1.70. The Bertz CT molecular complexity index is 1150. The monoisotopic (exact) mass is 508 g/mol. The van der Waals surface area contributed by atoms with Crippen LogP contribution in [0.3, 0.4) is 0 Å². The molecule has 0 radical (unpaired) electrons. The number of nitrogens with zero attached hydrogens (tertiary/aromatic N) is 4.